The van der Waals surface area contributed by atoms with Crippen molar-refractivity contribution in [1.29, 1.82) is 0 Å². The van der Waals surface area contributed by atoms with Crippen molar-refractivity contribution in [2.45, 2.75) is 12.5 Å². The molecule has 0 spiro atoms. The molecule has 0 saturated carbocycles. The Labute approximate surface area is 115 Å². The van der Waals surface area contributed by atoms with Crippen molar-refractivity contribution in [2.75, 3.05) is 19.8 Å². The number of morpholine rings is 1. The molecule has 0 bridgehead atoms. The molecule has 0 aliphatic carbocycles. The van der Waals surface area contributed by atoms with E-state index < -0.39 is 0 Å². The third-order valence-corrected chi connectivity index (χ3v) is 3.44. The Kier molecular flexibility index (Phi) is 3.77. The summed E-state index contributed by atoms with van der Waals surface area (Å²) in [6.45, 7) is 2.42. The summed E-state index contributed by atoms with van der Waals surface area (Å²) in [6, 6.07) is 6.23. The molecule has 1 fully saturated rings. The fraction of sp³-hybridized carbons (Fsp3) is 0.385. The number of ether oxygens (including phenoxy) is 1. The highest BCUT2D eigenvalue weighted by Crippen LogP contribution is 2.26. The number of hydrogen-bond donors (Lipinski definition) is 1. The van der Waals surface area contributed by atoms with Crippen LogP contribution in [0, 0.1) is 0 Å². The lowest BCUT2D eigenvalue weighted by Crippen LogP contribution is -2.42. The summed E-state index contributed by atoms with van der Waals surface area (Å²) in [4.78, 5) is 4.03. The van der Waals surface area contributed by atoms with Crippen LogP contribution in [-0.2, 0) is 11.2 Å². The van der Waals surface area contributed by atoms with E-state index in [0.717, 1.165) is 31.7 Å². The van der Waals surface area contributed by atoms with E-state index in [1.54, 1.807) is 0 Å². The summed E-state index contributed by atoms with van der Waals surface area (Å²) < 4.78 is 10.2. The van der Waals surface area contributed by atoms with Crippen LogP contribution in [0.1, 0.15) is 5.56 Å². The number of nitrogens with zero attached hydrogens (tertiary/aromatic N) is 2. The van der Waals surface area contributed by atoms with Gasteiger partial charge in [0.2, 0.25) is 12.2 Å². The van der Waals surface area contributed by atoms with Crippen LogP contribution < -0.4 is 5.32 Å². The Balaban J connectivity index is 1.81. The molecule has 1 unspecified atom stereocenters. The van der Waals surface area contributed by atoms with Crippen LogP contribution in [0.2, 0.25) is 5.02 Å². The standard InChI is InChI=1S/C13H14ClN3O2/c14-12-2-1-9(5-10-7-18-4-3-15-10)6-11(12)13-16-8-19-17-13/h1-2,6,8,10,15H,3-5,7H2. The zero-order chi connectivity index (χ0) is 13.1. The van der Waals surface area contributed by atoms with E-state index in [-0.39, 0.29) is 0 Å². The fourth-order valence-electron chi connectivity index (χ4n) is 2.20. The van der Waals surface area contributed by atoms with Gasteiger partial charge < -0.3 is 14.6 Å². The zero-order valence-electron chi connectivity index (χ0n) is 10.3. The summed E-state index contributed by atoms with van der Waals surface area (Å²) >= 11 is 6.17. The molecule has 1 atom stereocenters. The molecule has 2 heterocycles. The molecule has 1 N–H and O–H groups in total. The smallest absolute Gasteiger partial charge is 0.214 e. The van der Waals surface area contributed by atoms with Crippen molar-refractivity contribution in [2.24, 2.45) is 0 Å². The monoisotopic (exact) mass is 279 g/mol. The summed E-state index contributed by atoms with van der Waals surface area (Å²) in [5, 5.41) is 7.88. The molecule has 1 aliphatic heterocycles. The molecule has 1 saturated heterocycles. The van der Waals surface area contributed by atoms with Gasteiger partial charge in [0.15, 0.2) is 0 Å². The van der Waals surface area contributed by atoms with Crippen LogP contribution >= 0.6 is 11.6 Å². The number of benzene rings is 1. The predicted octanol–water partition coefficient (Wildman–Crippen LogP) is 1.92. The molecule has 5 nitrogen and oxygen atoms in total. The van der Waals surface area contributed by atoms with Gasteiger partial charge >= 0.3 is 0 Å². The molecule has 1 aliphatic rings. The molecule has 6 heteroatoms. The normalized spacial score (nSPS) is 19.5. The minimum absolute atomic E-state index is 0.341. The topological polar surface area (TPSA) is 60.2 Å². The highest BCUT2D eigenvalue weighted by atomic mass is 35.5. The maximum atomic E-state index is 6.17. The maximum absolute atomic E-state index is 6.17. The summed E-state index contributed by atoms with van der Waals surface area (Å²) in [6.07, 6.45) is 2.19. The fourth-order valence-corrected chi connectivity index (χ4v) is 2.40. The average Bonchev–Trinajstić information content (AvgIpc) is 2.96. The summed E-state index contributed by atoms with van der Waals surface area (Å²) in [7, 11) is 0. The van der Waals surface area contributed by atoms with Gasteiger partial charge in [-0.25, -0.2) is 0 Å². The first-order valence-corrected chi connectivity index (χ1v) is 6.57. The quantitative estimate of drug-likeness (QED) is 0.930. The van der Waals surface area contributed by atoms with Crippen LogP contribution in [0.15, 0.2) is 29.1 Å². The minimum atomic E-state index is 0.341. The van der Waals surface area contributed by atoms with Gasteiger partial charge in [0.05, 0.1) is 18.2 Å². The van der Waals surface area contributed by atoms with Crippen molar-refractivity contribution in [3.63, 3.8) is 0 Å². The van der Waals surface area contributed by atoms with E-state index in [2.05, 4.69) is 15.5 Å². The number of rotatable bonds is 3. The summed E-state index contributed by atoms with van der Waals surface area (Å²) in [5.74, 6) is 0.514. The maximum Gasteiger partial charge on any atom is 0.214 e. The first-order valence-electron chi connectivity index (χ1n) is 6.19. The van der Waals surface area contributed by atoms with Crippen molar-refractivity contribution in [3.8, 4) is 11.4 Å². The lowest BCUT2D eigenvalue weighted by Gasteiger charge is -2.24. The van der Waals surface area contributed by atoms with E-state index in [4.69, 9.17) is 20.9 Å². The second-order valence-corrected chi connectivity index (χ2v) is 4.91. The third-order valence-electron chi connectivity index (χ3n) is 3.11. The highest BCUT2D eigenvalue weighted by Gasteiger charge is 2.15. The number of hydrogen-bond acceptors (Lipinski definition) is 5. The van der Waals surface area contributed by atoms with Crippen molar-refractivity contribution in [1.82, 2.24) is 15.5 Å². The van der Waals surface area contributed by atoms with E-state index in [1.165, 1.54) is 12.0 Å². The largest absolute Gasteiger partial charge is 0.379 e. The van der Waals surface area contributed by atoms with Gasteiger partial charge in [0.1, 0.15) is 0 Å². The van der Waals surface area contributed by atoms with Gasteiger partial charge in [-0.2, -0.15) is 4.98 Å². The Morgan fingerprint density at radius 2 is 2.37 bits per heavy atom. The zero-order valence-corrected chi connectivity index (χ0v) is 11.1. The predicted molar refractivity (Wildman–Crippen MR) is 71.1 cm³/mol. The van der Waals surface area contributed by atoms with E-state index >= 15 is 0 Å². The molecular formula is C13H14ClN3O2. The first kappa shape index (κ1) is 12.6. The van der Waals surface area contributed by atoms with Crippen LogP contribution in [0.3, 0.4) is 0 Å². The Hall–Kier alpha value is -1.43. The Morgan fingerprint density at radius 1 is 1.42 bits per heavy atom. The average molecular weight is 280 g/mol. The molecular weight excluding hydrogens is 266 g/mol. The molecule has 19 heavy (non-hydrogen) atoms. The van der Waals surface area contributed by atoms with Crippen molar-refractivity contribution < 1.29 is 9.26 Å². The van der Waals surface area contributed by atoms with Crippen molar-refractivity contribution >= 4 is 11.6 Å². The van der Waals surface area contributed by atoms with Crippen LogP contribution in [0.4, 0.5) is 0 Å². The van der Waals surface area contributed by atoms with E-state index in [0.29, 0.717) is 16.9 Å². The van der Waals surface area contributed by atoms with Gasteiger partial charge in [0, 0.05) is 18.2 Å². The molecule has 0 radical (unpaired) electrons. The van der Waals surface area contributed by atoms with Gasteiger partial charge in [0.25, 0.3) is 0 Å². The highest BCUT2D eigenvalue weighted by molar-refractivity contribution is 6.33. The lowest BCUT2D eigenvalue weighted by atomic mass is 10.0. The second-order valence-electron chi connectivity index (χ2n) is 4.50. The minimum Gasteiger partial charge on any atom is -0.379 e. The van der Waals surface area contributed by atoms with E-state index in [9.17, 15) is 0 Å². The molecule has 2 aromatic rings. The SMILES string of the molecule is Clc1ccc(CC2COCCN2)cc1-c1ncon1. The third kappa shape index (κ3) is 2.94. The molecule has 100 valence electrons. The molecule has 1 aromatic carbocycles. The van der Waals surface area contributed by atoms with E-state index in [1.807, 2.05) is 18.2 Å². The second kappa shape index (κ2) is 5.69. The number of aromatic nitrogens is 2. The summed E-state index contributed by atoms with van der Waals surface area (Å²) in [5.41, 5.74) is 1.97. The number of halogens is 1. The van der Waals surface area contributed by atoms with Crippen molar-refractivity contribution in [3.05, 3.63) is 35.2 Å². The molecule has 0 amide bonds. The first-order chi connectivity index (χ1) is 9.33. The Morgan fingerprint density at radius 3 is 3.11 bits per heavy atom. The van der Waals surface area contributed by atoms with Crippen LogP contribution in [-0.4, -0.2) is 35.9 Å². The molecule has 3 rings (SSSR count). The van der Waals surface area contributed by atoms with Gasteiger partial charge in [-0.05, 0) is 24.1 Å². The van der Waals surface area contributed by atoms with Gasteiger partial charge in [-0.1, -0.05) is 22.8 Å². The lowest BCUT2D eigenvalue weighted by molar-refractivity contribution is 0.0770. The van der Waals surface area contributed by atoms with Crippen LogP contribution in [0.25, 0.3) is 11.4 Å². The number of nitrogens with one attached hydrogen (secondary N) is 1. The van der Waals surface area contributed by atoms with Crippen LogP contribution in [0.5, 0.6) is 0 Å². The van der Waals surface area contributed by atoms with Gasteiger partial charge in [-0.15, -0.1) is 0 Å². The Bertz CT molecular complexity index is 539. The van der Waals surface area contributed by atoms with Gasteiger partial charge in [-0.3, -0.25) is 0 Å². The molecule has 1 aromatic heterocycles.